The van der Waals surface area contributed by atoms with Gasteiger partial charge in [0.15, 0.2) is 15.8 Å². The Hall–Kier alpha value is -1.64. The van der Waals surface area contributed by atoms with Crippen molar-refractivity contribution in [1.82, 2.24) is 10.6 Å². The molecule has 1 heterocycles. The van der Waals surface area contributed by atoms with Crippen molar-refractivity contribution in [1.29, 1.82) is 0 Å². The van der Waals surface area contributed by atoms with E-state index in [1.54, 1.807) is 30.3 Å². The average Bonchev–Trinajstić information content (AvgIpc) is 3.09. The average molecular weight is 384 g/mol. The Balaban J connectivity index is 1.93. The standard InChI is InChI=1S/C18H29N3O4S/c1-2-19-17(21-14-18(8-11-22)9-12-25-15-18)20-10-13-26(23,24)16-6-4-3-5-7-16/h3-7,22H,2,8-15H2,1H3,(H2,19,20,21). The molecule has 3 N–H and O–H groups in total. The molecule has 7 nitrogen and oxygen atoms in total. The van der Waals surface area contributed by atoms with E-state index in [2.05, 4.69) is 15.6 Å². The summed E-state index contributed by atoms with van der Waals surface area (Å²) in [4.78, 5) is 4.91. The number of aliphatic imine (C=N–C) groups is 1. The Morgan fingerprint density at radius 3 is 2.69 bits per heavy atom. The summed E-state index contributed by atoms with van der Waals surface area (Å²) in [5, 5.41) is 15.5. The number of ether oxygens (including phenoxy) is 1. The van der Waals surface area contributed by atoms with Crippen molar-refractivity contribution in [2.75, 3.05) is 45.2 Å². The minimum atomic E-state index is -3.32. The summed E-state index contributed by atoms with van der Waals surface area (Å²) in [6.07, 6.45) is 1.52. The van der Waals surface area contributed by atoms with E-state index in [1.807, 2.05) is 6.92 Å². The van der Waals surface area contributed by atoms with Crippen LogP contribution in [0.1, 0.15) is 19.8 Å². The van der Waals surface area contributed by atoms with Gasteiger partial charge in [0.25, 0.3) is 0 Å². The van der Waals surface area contributed by atoms with Gasteiger partial charge in [-0.3, -0.25) is 4.99 Å². The molecule has 26 heavy (non-hydrogen) atoms. The minimum Gasteiger partial charge on any atom is -0.396 e. The third kappa shape index (κ3) is 5.96. The van der Waals surface area contributed by atoms with E-state index in [-0.39, 0.29) is 24.3 Å². The number of hydrogen-bond acceptors (Lipinski definition) is 5. The summed E-state index contributed by atoms with van der Waals surface area (Å²) in [5.74, 6) is 0.576. The number of aliphatic hydroxyl groups excluding tert-OH is 1. The van der Waals surface area contributed by atoms with E-state index in [0.717, 1.165) is 6.42 Å². The van der Waals surface area contributed by atoms with Crippen LogP contribution in [0.25, 0.3) is 0 Å². The molecule has 0 spiro atoms. The normalized spacial score (nSPS) is 20.9. The summed E-state index contributed by atoms with van der Waals surface area (Å²) in [6.45, 7) is 4.84. The first-order valence-electron chi connectivity index (χ1n) is 9.00. The molecule has 1 aliphatic heterocycles. The number of benzene rings is 1. The maximum Gasteiger partial charge on any atom is 0.191 e. The van der Waals surface area contributed by atoms with Gasteiger partial charge in [-0.25, -0.2) is 8.42 Å². The van der Waals surface area contributed by atoms with Crippen molar-refractivity contribution >= 4 is 15.8 Å². The Morgan fingerprint density at radius 2 is 2.08 bits per heavy atom. The summed E-state index contributed by atoms with van der Waals surface area (Å²) >= 11 is 0. The zero-order valence-corrected chi connectivity index (χ0v) is 16.1. The number of guanidine groups is 1. The Labute approximate surface area is 155 Å². The molecule has 0 radical (unpaired) electrons. The number of aliphatic hydroxyl groups is 1. The monoisotopic (exact) mass is 383 g/mol. The van der Waals surface area contributed by atoms with Crippen LogP contribution in [0.3, 0.4) is 0 Å². The molecule has 8 heteroatoms. The lowest BCUT2D eigenvalue weighted by Gasteiger charge is -2.24. The van der Waals surface area contributed by atoms with Crippen LogP contribution in [0.4, 0.5) is 0 Å². The van der Waals surface area contributed by atoms with E-state index >= 15 is 0 Å². The fourth-order valence-corrected chi connectivity index (χ4v) is 4.10. The zero-order chi connectivity index (χ0) is 18.9. The van der Waals surface area contributed by atoms with Gasteiger partial charge in [0.2, 0.25) is 0 Å². The predicted octanol–water partition coefficient (Wildman–Crippen LogP) is 0.805. The van der Waals surface area contributed by atoms with Crippen molar-refractivity contribution in [2.45, 2.75) is 24.7 Å². The lowest BCUT2D eigenvalue weighted by molar-refractivity contribution is 0.131. The van der Waals surface area contributed by atoms with Crippen molar-refractivity contribution in [3.63, 3.8) is 0 Å². The van der Waals surface area contributed by atoms with Gasteiger partial charge in [0.05, 0.1) is 23.8 Å². The Bertz CT molecular complexity index is 671. The van der Waals surface area contributed by atoms with Crippen LogP contribution in [-0.4, -0.2) is 64.7 Å². The smallest absolute Gasteiger partial charge is 0.191 e. The molecule has 0 bridgehead atoms. The van der Waals surface area contributed by atoms with E-state index < -0.39 is 9.84 Å². The van der Waals surface area contributed by atoms with E-state index in [4.69, 9.17) is 4.74 Å². The molecular weight excluding hydrogens is 354 g/mol. The van der Waals surface area contributed by atoms with Crippen molar-refractivity contribution in [3.8, 4) is 0 Å². The Morgan fingerprint density at radius 1 is 1.31 bits per heavy atom. The molecule has 0 aliphatic carbocycles. The number of sulfone groups is 1. The minimum absolute atomic E-state index is 0.00762. The fraction of sp³-hybridized carbons (Fsp3) is 0.611. The van der Waals surface area contributed by atoms with Gasteiger partial charge in [-0.05, 0) is 31.9 Å². The summed E-state index contributed by atoms with van der Waals surface area (Å²) in [7, 11) is -3.32. The lowest BCUT2D eigenvalue weighted by Crippen LogP contribution is -2.40. The summed E-state index contributed by atoms with van der Waals surface area (Å²) < 4.78 is 30.1. The highest BCUT2D eigenvalue weighted by Crippen LogP contribution is 2.32. The molecule has 2 rings (SSSR count). The molecule has 146 valence electrons. The van der Waals surface area contributed by atoms with Crippen molar-refractivity contribution in [2.24, 2.45) is 10.4 Å². The van der Waals surface area contributed by atoms with Gasteiger partial charge >= 0.3 is 0 Å². The van der Waals surface area contributed by atoms with Crippen molar-refractivity contribution < 1.29 is 18.3 Å². The van der Waals surface area contributed by atoms with Gasteiger partial charge < -0.3 is 20.5 Å². The third-order valence-electron chi connectivity index (χ3n) is 4.51. The molecule has 1 aromatic carbocycles. The van der Waals surface area contributed by atoms with Crippen LogP contribution in [0.15, 0.2) is 40.2 Å². The first-order chi connectivity index (χ1) is 12.5. The second-order valence-corrected chi connectivity index (χ2v) is 8.64. The molecule has 0 amide bonds. The molecule has 1 aromatic rings. The van der Waals surface area contributed by atoms with Crippen LogP contribution in [0.5, 0.6) is 0 Å². The largest absolute Gasteiger partial charge is 0.396 e. The van der Waals surface area contributed by atoms with Gasteiger partial charge in [-0.2, -0.15) is 0 Å². The first kappa shape index (κ1) is 20.7. The second-order valence-electron chi connectivity index (χ2n) is 6.53. The zero-order valence-electron chi connectivity index (χ0n) is 15.3. The van der Waals surface area contributed by atoms with Crippen LogP contribution >= 0.6 is 0 Å². The summed E-state index contributed by atoms with van der Waals surface area (Å²) in [6, 6.07) is 8.44. The second kappa shape index (κ2) is 9.89. The quantitative estimate of drug-likeness (QED) is 0.431. The number of rotatable bonds is 9. The molecule has 1 saturated heterocycles. The summed E-state index contributed by atoms with van der Waals surface area (Å²) in [5.41, 5.74) is -0.132. The lowest BCUT2D eigenvalue weighted by atomic mass is 9.84. The maximum atomic E-state index is 12.3. The number of nitrogens with one attached hydrogen (secondary N) is 2. The molecule has 0 aromatic heterocycles. The SMILES string of the molecule is CCNC(=NCC1(CCO)CCOC1)NCCS(=O)(=O)c1ccccc1. The van der Waals surface area contributed by atoms with Gasteiger partial charge in [0.1, 0.15) is 0 Å². The van der Waals surface area contributed by atoms with Crippen LogP contribution in [-0.2, 0) is 14.6 Å². The van der Waals surface area contributed by atoms with Gasteiger partial charge in [-0.1, -0.05) is 18.2 Å². The third-order valence-corrected chi connectivity index (χ3v) is 6.24. The topological polar surface area (TPSA) is 100 Å². The number of hydrogen-bond donors (Lipinski definition) is 3. The van der Waals surface area contributed by atoms with Gasteiger partial charge in [-0.15, -0.1) is 0 Å². The highest BCUT2D eigenvalue weighted by Gasteiger charge is 2.34. The molecule has 1 atom stereocenters. The highest BCUT2D eigenvalue weighted by molar-refractivity contribution is 7.91. The molecule has 1 fully saturated rings. The molecule has 1 aliphatic rings. The maximum absolute atomic E-state index is 12.3. The molecule has 1 unspecified atom stereocenters. The predicted molar refractivity (Wildman–Crippen MR) is 102 cm³/mol. The fourth-order valence-electron chi connectivity index (χ4n) is 2.93. The molecular formula is C18H29N3O4S. The molecule has 0 saturated carbocycles. The van der Waals surface area contributed by atoms with Crippen molar-refractivity contribution in [3.05, 3.63) is 30.3 Å². The van der Waals surface area contributed by atoms with Gasteiger partial charge in [0, 0.05) is 31.7 Å². The Kier molecular flexibility index (Phi) is 7.86. The van der Waals surface area contributed by atoms with E-state index in [9.17, 15) is 13.5 Å². The van der Waals surface area contributed by atoms with Crippen LogP contribution in [0, 0.1) is 5.41 Å². The van der Waals surface area contributed by atoms with Crippen LogP contribution in [0.2, 0.25) is 0 Å². The van der Waals surface area contributed by atoms with Crippen LogP contribution < -0.4 is 10.6 Å². The number of nitrogens with zero attached hydrogens (tertiary/aromatic N) is 1. The first-order valence-corrected chi connectivity index (χ1v) is 10.7. The van der Waals surface area contributed by atoms with E-state index in [1.165, 1.54) is 0 Å². The highest BCUT2D eigenvalue weighted by atomic mass is 32.2. The van der Waals surface area contributed by atoms with E-state index in [0.29, 0.717) is 43.6 Å².